The first kappa shape index (κ1) is 12.9. The van der Waals surface area contributed by atoms with Gasteiger partial charge in [0.05, 0.1) is 6.61 Å². The van der Waals surface area contributed by atoms with E-state index in [0.29, 0.717) is 13.0 Å². The van der Waals surface area contributed by atoms with Crippen LogP contribution in [0.1, 0.15) is 6.42 Å². The van der Waals surface area contributed by atoms with Crippen LogP contribution in [0.5, 0.6) is 5.75 Å². The second kappa shape index (κ2) is 6.43. The minimum atomic E-state index is 0.151. The first-order chi connectivity index (χ1) is 8.81. The standard InChI is InChI=1S/C15H15ClO2/c16-15-5-2-1-4-14(15)12-6-8-13(9-7-12)18-11-3-10-17/h1-2,4-9,17H,3,10-11H2. The molecule has 2 aromatic rings. The van der Waals surface area contributed by atoms with Gasteiger partial charge in [-0.25, -0.2) is 0 Å². The van der Waals surface area contributed by atoms with E-state index in [9.17, 15) is 0 Å². The summed E-state index contributed by atoms with van der Waals surface area (Å²) in [5, 5.41) is 9.42. The van der Waals surface area contributed by atoms with Crippen LogP contribution in [0.25, 0.3) is 11.1 Å². The lowest BCUT2D eigenvalue weighted by Gasteiger charge is -2.07. The van der Waals surface area contributed by atoms with Crippen molar-refractivity contribution in [2.75, 3.05) is 13.2 Å². The van der Waals surface area contributed by atoms with E-state index in [-0.39, 0.29) is 6.61 Å². The van der Waals surface area contributed by atoms with E-state index in [4.69, 9.17) is 21.4 Å². The molecule has 0 aromatic heterocycles. The molecule has 1 N–H and O–H groups in total. The Labute approximate surface area is 112 Å². The second-order valence-corrected chi connectivity index (χ2v) is 4.34. The SMILES string of the molecule is OCCCOc1ccc(-c2ccccc2Cl)cc1. The number of hydrogen-bond acceptors (Lipinski definition) is 2. The smallest absolute Gasteiger partial charge is 0.119 e. The van der Waals surface area contributed by atoms with Crippen LogP contribution in [-0.4, -0.2) is 18.3 Å². The summed E-state index contributed by atoms with van der Waals surface area (Å²) in [4.78, 5) is 0. The third-order valence-electron chi connectivity index (χ3n) is 2.61. The van der Waals surface area contributed by atoms with Gasteiger partial charge in [-0.2, -0.15) is 0 Å². The number of halogens is 1. The summed E-state index contributed by atoms with van der Waals surface area (Å²) in [6, 6.07) is 15.5. The van der Waals surface area contributed by atoms with E-state index in [1.165, 1.54) is 0 Å². The number of aliphatic hydroxyl groups excluding tert-OH is 1. The molecular formula is C15H15ClO2. The zero-order chi connectivity index (χ0) is 12.8. The zero-order valence-corrected chi connectivity index (χ0v) is 10.7. The predicted molar refractivity (Wildman–Crippen MR) is 74.1 cm³/mol. The van der Waals surface area contributed by atoms with Gasteiger partial charge in [0.15, 0.2) is 0 Å². The molecule has 0 aliphatic rings. The average Bonchev–Trinajstić information content (AvgIpc) is 2.41. The van der Waals surface area contributed by atoms with Crippen molar-refractivity contribution in [3.8, 4) is 16.9 Å². The monoisotopic (exact) mass is 262 g/mol. The summed E-state index contributed by atoms with van der Waals surface area (Å²) >= 11 is 6.14. The Kier molecular flexibility index (Phi) is 4.62. The fourth-order valence-electron chi connectivity index (χ4n) is 1.68. The molecule has 0 heterocycles. The summed E-state index contributed by atoms with van der Waals surface area (Å²) in [5.74, 6) is 0.805. The highest BCUT2D eigenvalue weighted by molar-refractivity contribution is 6.33. The molecule has 0 aliphatic heterocycles. The molecule has 0 aliphatic carbocycles. The Balaban J connectivity index is 2.10. The molecule has 2 rings (SSSR count). The molecule has 0 saturated carbocycles. The van der Waals surface area contributed by atoms with Crippen molar-refractivity contribution in [1.82, 2.24) is 0 Å². The summed E-state index contributed by atoms with van der Waals surface area (Å²) in [6.45, 7) is 0.680. The molecule has 0 amide bonds. The average molecular weight is 263 g/mol. The van der Waals surface area contributed by atoms with Gasteiger partial charge in [-0.05, 0) is 23.8 Å². The van der Waals surface area contributed by atoms with E-state index in [1.807, 2.05) is 48.5 Å². The van der Waals surface area contributed by atoms with Gasteiger partial charge in [-0.1, -0.05) is 41.9 Å². The predicted octanol–water partition coefficient (Wildman–Crippen LogP) is 3.77. The summed E-state index contributed by atoms with van der Waals surface area (Å²) in [7, 11) is 0. The van der Waals surface area contributed by atoms with Gasteiger partial charge in [-0.3, -0.25) is 0 Å². The zero-order valence-electron chi connectivity index (χ0n) is 9.97. The van der Waals surface area contributed by atoms with Gasteiger partial charge in [0, 0.05) is 23.6 Å². The Bertz CT molecular complexity index is 494. The molecule has 0 radical (unpaired) electrons. The molecule has 0 bridgehead atoms. The van der Waals surface area contributed by atoms with Crippen molar-refractivity contribution in [3.05, 3.63) is 53.6 Å². The van der Waals surface area contributed by atoms with Gasteiger partial charge in [0.1, 0.15) is 5.75 Å². The highest BCUT2D eigenvalue weighted by atomic mass is 35.5. The van der Waals surface area contributed by atoms with Gasteiger partial charge >= 0.3 is 0 Å². The Morgan fingerprint density at radius 1 is 1.00 bits per heavy atom. The number of ether oxygens (including phenoxy) is 1. The molecule has 3 heteroatoms. The van der Waals surface area contributed by atoms with Crippen LogP contribution in [0.4, 0.5) is 0 Å². The van der Waals surface area contributed by atoms with Crippen molar-refractivity contribution >= 4 is 11.6 Å². The Morgan fingerprint density at radius 2 is 1.72 bits per heavy atom. The van der Waals surface area contributed by atoms with Crippen LogP contribution < -0.4 is 4.74 Å². The second-order valence-electron chi connectivity index (χ2n) is 3.93. The topological polar surface area (TPSA) is 29.5 Å². The van der Waals surface area contributed by atoms with Gasteiger partial charge in [0.2, 0.25) is 0 Å². The number of rotatable bonds is 5. The van der Waals surface area contributed by atoms with Crippen molar-refractivity contribution in [1.29, 1.82) is 0 Å². The van der Waals surface area contributed by atoms with E-state index in [0.717, 1.165) is 21.9 Å². The highest BCUT2D eigenvalue weighted by Gasteiger charge is 2.02. The minimum Gasteiger partial charge on any atom is -0.494 e. The van der Waals surface area contributed by atoms with Gasteiger partial charge < -0.3 is 9.84 Å². The van der Waals surface area contributed by atoms with E-state index in [2.05, 4.69) is 0 Å². The largest absolute Gasteiger partial charge is 0.494 e. The molecule has 0 fully saturated rings. The minimum absolute atomic E-state index is 0.151. The summed E-state index contributed by atoms with van der Waals surface area (Å²) < 4.78 is 5.47. The normalized spacial score (nSPS) is 10.3. The molecule has 2 aromatic carbocycles. The number of benzene rings is 2. The maximum absolute atomic E-state index is 8.67. The first-order valence-corrected chi connectivity index (χ1v) is 6.27. The molecule has 0 saturated heterocycles. The van der Waals surface area contributed by atoms with Gasteiger partial charge in [0.25, 0.3) is 0 Å². The molecule has 18 heavy (non-hydrogen) atoms. The number of aliphatic hydroxyl groups is 1. The van der Waals surface area contributed by atoms with E-state index < -0.39 is 0 Å². The fourth-order valence-corrected chi connectivity index (χ4v) is 1.93. The lowest BCUT2D eigenvalue weighted by atomic mass is 10.1. The summed E-state index contributed by atoms with van der Waals surface area (Å²) in [6.07, 6.45) is 0.645. The van der Waals surface area contributed by atoms with Crippen LogP contribution in [0.2, 0.25) is 5.02 Å². The molecule has 94 valence electrons. The van der Waals surface area contributed by atoms with Crippen LogP contribution in [0.15, 0.2) is 48.5 Å². The van der Waals surface area contributed by atoms with E-state index >= 15 is 0 Å². The number of hydrogen-bond donors (Lipinski definition) is 1. The molecule has 0 unspecified atom stereocenters. The highest BCUT2D eigenvalue weighted by Crippen LogP contribution is 2.28. The van der Waals surface area contributed by atoms with Crippen molar-refractivity contribution in [3.63, 3.8) is 0 Å². The van der Waals surface area contributed by atoms with E-state index in [1.54, 1.807) is 0 Å². The fraction of sp³-hybridized carbons (Fsp3) is 0.200. The van der Waals surface area contributed by atoms with Crippen LogP contribution in [-0.2, 0) is 0 Å². The Hall–Kier alpha value is -1.51. The van der Waals surface area contributed by atoms with Crippen molar-refractivity contribution < 1.29 is 9.84 Å². The maximum atomic E-state index is 8.67. The van der Waals surface area contributed by atoms with Crippen LogP contribution >= 0.6 is 11.6 Å². The lowest BCUT2D eigenvalue weighted by molar-refractivity contribution is 0.233. The Morgan fingerprint density at radius 3 is 2.39 bits per heavy atom. The molecule has 0 atom stereocenters. The van der Waals surface area contributed by atoms with Gasteiger partial charge in [-0.15, -0.1) is 0 Å². The third-order valence-corrected chi connectivity index (χ3v) is 2.94. The molecular weight excluding hydrogens is 248 g/mol. The maximum Gasteiger partial charge on any atom is 0.119 e. The first-order valence-electron chi connectivity index (χ1n) is 5.90. The van der Waals surface area contributed by atoms with Crippen LogP contribution in [0, 0.1) is 0 Å². The molecule has 0 spiro atoms. The lowest BCUT2D eigenvalue weighted by Crippen LogP contribution is -1.99. The van der Waals surface area contributed by atoms with Crippen molar-refractivity contribution in [2.24, 2.45) is 0 Å². The van der Waals surface area contributed by atoms with Crippen LogP contribution in [0.3, 0.4) is 0 Å². The quantitative estimate of drug-likeness (QED) is 0.832. The third kappa shape index (κ3) is 3.25. The molecule has 2 nitrogen and oxygen atoms in total. The van der Waals surface area contributed by atoms with Crippen molar-refractivity contribution in [2.45, 2.75) is 6.42 Å². The summed E-state index contributed by atoms with van der Waals surface area (Å²) in [5.41, 5.74) is 2.08.